The monoisotopic (exact) mass is 596 g/mol. The lowest BCUT2D eigenvalue weighted by atomic mass is 10.0. The number of aliphatic carboxylic acids is 1. The number of non-ortho nitro benzene ring substituents is 2. The van der Waals surface area contributed by atoms with Crippen LogP contribution in [0.3, 0.4) is 0 Å². The third-order valence-electron chi connectivity index (χ3n) is 7.98. The number of para-hydroxylation sites is 1. The van der Waals surface area contributed by atoms with Crippen LogP contribution in [0.1, 0.15) is 44.1 Å². The maximum absolute atomic E-state index is 11.8. The van der Waals surface area contributed by atoms with Gasteiger partial charge in [0.15, 0.2) is 6.20 Å². The molecule has 3 heterocycles. The number of hydrogen-bond acceptors (Lipinski definition) is 8. The molecule has 0 radical (unpaired) electrons. The number of carbonyl (C=O) groups is 1. The number of fused-ring (bicyclic) bond motifs is 6. The summed E-state index contributed by atoms with van der Waals surface area (Å²) in [6, 6.07) is 16.3. The molecule has 43 heavy (non-hydrogen) atoms. The molecule has 0 saturated heterocycles. The van der Waals surface area contributed by atoms with Gasteiger partial charge in [-0.05, 0) is 61.4 Å². The zero-order chi connectivity index (χ0) is 30.1. The molecule has 0 fully saturated rings. The Bertz CT molecular complexity index is 1870. The van der Waals surface area contributed by atoms with Gasteiger partial charge in [-0.1, -0.05) is 36.0 Å². The van der Waals surface area contributed by atoms with Gasteiger partial charge in [-0.25, -0.2) is 0 Å². The van der Waals surface area contributed by atoms with Crippen molar-refractivity contribution in [1.29, 1.82) is 0 Å². The molecular weight excluding hydrogens is 568 g/mol. The molecular formula is C32H28N4O6S. The van der Waals surface area contributed by atoms with E-state index in [1.807, 2.05) is 18.2 Å². The van der Waals surface area contributed by atoms with E-state index < -0.39 is 15.8 Å². The molecule has 4 aromatic rings. The summed E-state index contributed by atoms with van der Waals surface area (Å²) < 4.78 is 2.20. The van der Waals surface area contributed by atoms with Gasteiger partial charge in [0.05, 0.1) is 37.4 Å². The van der Waals surface area contributed by atoms with Crippen LogP contribution in [-0.4, -0.2) is 22.4 Å². The number of nitrogens with zero attached hydrogens (tertiary/aromatic N) is 4. The van der Waals surface area contributed by atoms with Crippen molar-refractivity contribution in [2.24, 2.45) is 0 Å². The highest BCUT2D eigenvalue weighted by molar-refractivity contribution is 8.04. The molecule has 0 unspecified atom stereocenters. The van der Waals surface area contributed by atoms with Gasteiger partial charge >= 0.3 is 0 Å². The molecule has 11 heteroatoms. The summed E-state index contributed by atoms with van der Waals surface area (Å²) in [5.41, 5.74) is 3.68. The average molecular weight is 597 g/mol. The Kier molecular flexibility index (Phi) is 7.81. The van der Waals surface area contributed by atoms with E-state index in [1.54, 1.807) is 6.07 Å². The van der Waals surface area contributed by atoms with Gasteiger partial charge < -0.3 is 14.8 Å². The van der Waals surface area contributed by atoms with Crippen molar-refractivity contribution in [2.75, 3.05) is 11.4 Å². The minimum Gasteiger partial charge on any atom is -0.550 e. The minimum absolute atomic E-state index is 0.0872. The largest absolute Gasteiger partial charge is 0.550 e. The Balaban J connectivity index is 1.32. The average Bonchev–Trinajstić information content (AvgIpc) is 3.39. The number of unbranched alkanes of at least 4 members (excludes halogenated alkanes) is 2. The van der Waals surface area contributed by atoms with E-state index in [9.17, 15) is 30.1 Å². The van der Waals surface area contributed by atoms with Gasteiger partial charge in [0, 0.05) is 47.4 Å². The maximum atomic E-state index is 11.8. The second-order valence-corrected chi connectivity index (χ2v) is 11.7. The van der Waals surface area contributed by atoms with Crippen molar-refractivity contribution in [3.8, 4) is 0 Å². The van der Waals surface area contributed by atoms with Gasteiger partial charge in [-0.2, -0.15) is 4.57 Å². The molecule has 3 aromatic carbocycles. The summed E-state index contributed by atoms with van der Waals surface area (Å²) >= 11 is 1.52. The summed E-state index contributed by atoms with van der Waals surface area (Å²) in [7, 11) is 0. The number of aromatic nitrogens is 1. The molecule has 10 nitrogen and oxygen atoms in total. The first-order valence-corrected chi connectivity index (χ1v) is 15.0. The van der Waals surface area contributed by atoms with Crippen LogP contribution >= 0.6 is 11.8 Å². The lowest BCUT2D eigenvalue weighted by molar-refractivity contribution is -0.671. The van der Waals surface area contributed by atoms with Crippen molar-refractivity contribution < 1.29 is 24.3 Å². The van der Waals surface area contributed by atoms with E-state index >= 15 is 0 Å². The first-order chi connectivity index (χ1) is 20.8. The van der Waals surface area contributed by atoms with E-state index in [0.29, 0.717) is 17.2 Å². The van der Waals surface area contributed by atoms with E-state index in [0.717, 1.165) is 82.5 Å². The van der Waals surface area contributed by atoms with Crippen LogP contribution < -0.4 is 14.6 Å². The fourth-order valence-electron chi connectivity index (χ4n) is 5.92. The Morgan fingerprint density at radius 1 is 0.953 bits per heavy atom. The van der Waals surface area contributed by atoms with Gasteiger partial charge in [-0.3, -0.25) is 20.2 Å². The molecule has 0 bridgehead atoms. The minimum atomic E-state index is -1.01. The van der Waals surface area contributed by atoms with Crippen LogP contribution in [0.5, 0.6) is 0 Å². The van der Waals surface area contributed by atoms with E-state index in [2.05, 4.69) is 46.0 Å². The van der Waals surface area contributed by atoms with E-state index in [4.69, 9.17) is 0 Å². The number of carbonyl (C=O) groups excluding carboxylic acids is 1. The second-order valence-electron chi connectivity index (χ2n) is 10.7. The van der Waals surface area contributed by atoms with Crippen molar-refractivity contribution >= 4 is 62.5 Å². The standard InChI is InChI=1S/C32H28N4O6S/c37-30(38)10-2-1-5-16-33-18-15-21(24-8-3-4-9-27(24)33)11-12-22-7-6-17-34-28-14-13-25-26(31(28)43-32(22)34)19-23(35(39)40)20-29(25)36(41)42/h3-4,8-9,11-15,18-20H,1-2,5-7,10,16-17H2. The Morgan fingerprint density at radius 3 is 2.58 bits per heavy atom. The molecule has 2 aliphatic heterocycles. The number of thioether (sulfide) groups is 1. The summed E-state index contributed by atoms with van der Waals surface area (Å²) in [6.45, 7) is 1.59. The molecule has 0 saturated carbocycles. The predicted octanol–water partition coefficient (Wildman–Crippen LogP) is 6.04. The number of nitro benzene ring substituents is 2. The van der Waals surface area contributed by atoms with Gasteiger partial charge in [0.2, 0.25) is 5.52 Å². The molecule has 2 aliphatic rings. The summed E-state index contributed by atoms with van der Waals surface area (Å²) in [4.78, 5) is 35.9. The molecule has 0 aliphatic carbocycles. The smallest absolute Gasteiger partial charge is 0.284 e. The first-order valence-electron chi connectivity index (χ1n) is 14.2. The molecule has 0 N–H and O–H groups in total. The van der Waals surface area contributed by atoms with Gasteiger partial charge in [0.25, 0.3) is 11.4 Å². The quantitative estimate of drug-likeness (QED) is 0.0937. The highest BCUT2D eigenvalue weighted by atomic mass is 32.2. The summed E-state index contributed by atoms with van der Waals surface area (Å²) in [5, 5.41) is 37.1. The highest BCUT2D eigenvalue weighted by Crippen LogP contribution is 2.53. The Morgan fingerprint density at radius 2 is 1.79 bits per heavy atom. The van der Waals surface area contributed by atoms with Crippen LogP contribution in [0.4, 0.5) is 17.1 Å². The van der Waals surface area contributed by atoms with Crippen LogP contribution in [0.15, 0.2) is 82.4 Å². The summed E-state index contributed by atoms with van der Waals surface area (Å²) in [5.74, 6) is -1.01. The van der Waals surface area contributed by atoms with Crippen LogP contribution in [0.25, 0.3) is 27.8 Å². The Hall–Kier alpha value is -4.77. The zero-order valence-electron chi connectivity index (χ0n) is 23.2. The van der Waals surface area contributed by atoms with Crippen LogP contribution in [-0.2, 0) is 11.3 Å². The number of allylic oxidation sites excluding steroid dienone is 2. The number of carboxylic acids is 1. The third-order valence-corrected chi connectivity index (χ3v) is 9.28. The van der Waals surface area contributed by atoms with Gasteiger partial charge in [-0.15, -0.1) is 0 Å². The second kappa shape index (κ2) is 11.8. The lowest BCUT2D eigenvalue weighted by Gasteiger charge is -2.27. The van der Waals surface area contributed by atoms with Crippen molar-refractivity contribution in [1.82, 2.24) is 0 Å². The fourth-order valence-corrected chi connectivity index (χ4v) is 7.27. The SMILES string of the molecule is O=C([O-])CCCCC[n+]1ccc(/C=C/C2=C3Sc4c(ccc5c([N+](=O)[O-])cc([N+](=O)[O-])cc45)N3CCC2)c2ccccc21. The van der Waals surface area contributed by atoms with Crippen LogP contribution in [0, 0.1) is 20.2 Å². The van der Waals surface area contributed by atoms with E-state index in [1.165, 1.54) is 17.8 Å². The van der Waals surface area contributed by atoms with Crippen molar-refractivity contribution in [3.63, 3.8) is 0 Å². The van der Waals surface area contributed by atoms with Crippen molar-refractivity contribution in [3.05, 3.63) is 103 Å². The third kappa shape index (κ3) is 5.55. The number of rotatable bonds is 10. The number of benzene rings is 3. The number of aryl methyl sites for hydroxylation is 1. The number of nitro groups is 2. The molecule has 1 aromatic heterocycles. The normalized spacial score (nSPS) is 14.5. The topological polar surface area (TPSA) is 134 Å². The molecule has 218 valence electrons. The number of carboxylic acid groups (broad SMARTS) is 1. The molecule has 0 amide bonds. The Labute approximate surface area is 251 Å². The van der Waals surface area contributed by atoms with Crippen LogP contribution in [0.2, 0.25) is 0 Å². The number of anilines is 1. The van der Waals surface area contributed by atoms with Crippen molar-refractivity contribution in [2.45, 2.75) is 50.0 Å². The zero-order valence-corrected chi connectivity index (χ0v) is 24.0. The fraction of sp³-hybridized carbons (Fsp3) is 0.250. The molecule has 0 spiro atoms. The maximum Gasteiger partial charge on any atom is 0.284 e. The number of pyridine rings is 1. The summed E-state index contributed by atoms with van der Waals surface area (Å²) in [6.07, 6.45) is 10.5. The van der Waals surface area contributed by atoms with Gasteiger partial charge in [0.1, 0.15) is 6.54 Å². The number of hydrogen-bond donors (Lipinski definition) is 0. The first kappa shape index (κ1) is 28.4. The lowest BCUT2D eigenvalue weighted by Crippen LogP contribution is -2.34. The predicted molar refractivity (Wildman–Crippen MR) is 163 cm³/mol. The molecule has 0 atom stereocenters. The van der Waals surface area contributed by atoms with E-state index in [-0.39, 0.29) is 17.8 Å². The highest BCUT2D eigenvalue weighted by Gasteiger charge is 2.33. The molecule has 6 rings (SSSR count).